The number of hydrogen-bond acceptors (Lipinski definition) is 6. The normalized spacial score (nSPS) is 14.8. The van der Waals surface area contributed by atoms with Gasteiger partial charge in [0.2, 0.25) is 11.1 Å². The number of thioether (sulfide) groups is 1. The van der Waals surface area contributed by atoms with Gasteiger partial charge in [-0.2, -0.15) is 5.26 Å². The van der Waals surface area contributed by atoms with Crippen LogP contribution in [0.3, 0.4) is 0 Å². The molecule has 1 N–H and O–H groups in total. The number of hydrogen-bond donors (Lipinski definition) is 1. The van der Waals surface area contributed by atoms with Crippen molar-refractivity contribution in [2.24, 2.45) is 5.92 Å². The lowest BCUT2D eigenvalue weighted by molar-refractivity contribution is -0.121. The van der Waals surface area contributed by atoms with Crippen molar-refractivity contribution >= 4 is 39.7 Å². The Morgan fingerprint density at radius 1 is 1.32 bits per heavy atom. The number of nitrogens with one attached hydrogen (secondary N) is 1. The lowest BCUT2D eigenvalue weighted by atomic mass is 9.90. The highest BCUT2D eigenvalue weighted by molar-refractivity contribution is 8.00. The zero-order valence-corrected chi connectivity index (χ0v) is 17.5. The molecule has 28 heavy (non-hydrogen) atoms. The Morgan fingerprint density at radius 2 is 2.04 bits per heavy atom. The van der Waals surface area contributed by atoms with Crippen LogP contribution in [-0.4, -0.2) is 36.4 Å². The Balaban J connectivity index is 1.87. The van der Waals surface area contributed by atoms with Gasteiger partial charge in [0.1, 0.15) is 11.1 Å². The maximum atomic E-state index is 12.6. The number of nitrogens with zero attached hydrogens (tertiary/aromatic N) is 5. The summed E-state index contributed by atoms with van der Waals surface area (Å²) in [5.74, 6) is -0.226. The van der Waals surface area contributed by atoms with Crippen molar-refractivity contribution in [1.29, 1.82) is 5.26 Å². The number of fused-ring (bicyclic) bond motifs is 3. The third-order valence-electron chi connectivity index (χ3n) is 5.09. The Labute approximate surface area is 168 Å². The third-order valence-corrected chi connectivity index (χ3v) is 6.04. The van der Waals surface area contributed by atoms with E-state index in [0.29, 0.717) is 5.16 Å². The zero-order valence-electron chi connectivity index (χ0n) is 16.7. The van der Waals surface area contributed by atoms with E-state index in [2.05, 4.69) is 38.1 Å². The Kier molecular flexibility index (Phi) is 5.57. The summed E-state index contributed by atoms with van der Waals surface area (Å²) in [7, 11) is 0. The number of aromatic nitrogens is 4. The molecule has 0 aliphatic rings. The molecule has 3 rings (SSSR count). The van der Waals surface area contributed by atoms with E-state index in [-0.39, 0.29) is 11.8 Å². The number of amides is 1. The average Bonchev–Trinajstić information content (AvgIpc) is 3.00. The highest BCUT2D eigenvalue weighted by Gasteiger charge is 2.32. The Bertz CT molecular complexity index is 1070. The molecule has 2 aromatic heterocycles. The van der Waals surface area contributed by atoms with Crippen molar-refractivity contribution in [3.05, 3.63) is 24.3 Å². The third kappa shape index (κ3) is 3.54. The summed E-state index contributed by atoms with van der Waals surface area (Å²) in [6.07, 6.45) is 0. The number of para-hydroxylation sites is 1. The molecule has 0 saturated carbocycles. The molecular formula is C20H24N6OS. The van der Waals surface area contributed by atoms with Gasteiger partial charge in [-0.05, 0) is 32.8 Å². The van der Waals surface area contributed by atoms with Gasteiger partial charge in [0, 0.05) is 11.9 Å². The van der Waals surface area contributed by atoms with Crippen molar-refractivity contribution in [3.63, 3.8) is 0 Å². The Hall–Kier alpha value is -2.66. The average molecular weight is 397 g/mol. The largest absolute Gasteiger partial charge is 0.337 e. The van der Waals surface area contributed by atoms with Gasteiger partial charge in [-0.3, -0.25) is 4.79 Å². The van der Waals surface area contributed by atoms with E-state index in [1.807, 2.05) is 38.1 Å². The fourth-order valence-corrected chi connectivity index (χ4v) is 3.64. The van der Waals surface area contributed by atoms with Gasteiger partial charge >= 0.3 is 0 Å². The topological polar surface area (TPSA) is 96.5 Å². The second kappa shape index (κ2) is 7.76. The van der Waals surface area contributed by atoms with Gasteiger partial charge < -0.3 is 9.88 Å². The molecule has 0 radical (unpaired) electrons. The highest BCUT2D eigenvalue weighted by Crippen LogP contribution is 2.28. The van der Waals surface area contributed by atoms with E-state index in [1.54, 1.807) is 13.8 Å². The van der Waals surface area contributed by atoms with E-state index in [4.69, 9.17) is 0 Å². The molecule has 0 spiro atoms. The lowest BCUT2D eigenvalue weighted by Crippen LogP contribution is -2.51. The predicted molar refractivity (Wildman–Crippen MR) is 111 cm³/mol. The first-order valence-corrected chi connectivity index (χ1v) is 10.2. The summed E-state index contributed by atoms with van der Waals surface area (Å²) in [6.45, 7) is 10.2. The van der Waals surface area contributed by atoms with Crippen LogP contribution in [0.15, 0.2) is 29.4 Å². The molecule has 0 unspecified atom stereocenters. The van der Waals surface area contributed by atoms with Crippen molar-refractivity contribution in [1.82, 2.24) is 25.1 Å². The summed E-state index contributed by atoms with van der Waals surface area (Å²) < 4.78 is 2.10. The molecule has 8 heteroatoms. The summed E-state index contributed by atoms with van der Waals surface area (Å²) in [4.78, 5) is 17.3. The lowest BCUT2D eigenvalue weighted by Gasteiger charge is -2.28. The minimum atomic E-state index is -0.913. The molecule has 0 saturated heterocycles. The second-order valence-electron chi connectivity index (χ2n) is 7.25. The molecule has 2 heterocycles. The van der Waals surface area contributed by atoms with E-state index < -0.39 is 10.8 Å². The van der Waals surface area contributed by atoms with Gasteiger partial charge in [0.05, 0.1) is 16.8 Å². The first-order chi connectivity index (χ1) is 13.3. The van der Waals surface area contributed by atoms with Gasteiger partial charge in [-0.1, -0.05) is 43.8 Å². The van der Waals surface area contributed by atoms with E-state index in [0.717, 1.165) is 28.6 Å². The molecule has 0 fully saturated rings. The SMILES string of the molecule is CCn1c2ccccc2c2nnc(S[C@@H](C)C(=O)N[C@](C)(C#N)C(C)C)nc21. The minimum absolute atomic E-state index is 0.00632. The highest BCUT2D eigenvalue weighted by atomic mass is 32.2. The van der Waals surface area contributed by atoms with Crippen molar-refractivity contribution in [2.75, 3.05) is 0 Å². The van der Waals surface area contributed by atoms with Crippen molar-refractivity contribution < 1.29 is 4.79 Å². The van der Waals surface area contributed by atoms with Crippen LogP contribution in [0.1, 0.15) is 34.6 Å². The van der Waals surface area contributed by atoms with Gasteiger partial charge in [0.15, 0.2) is 5.65 Å². The number of carbonyl (C=O) groups is 1. The van der Waals surface area contributed by atoms with Crippen LogP contribution in [0.5, 0.6) is 0 Å². The van der Waals surface area contributed by atoms with Crippen LogP contribution in [0.25, 0.3) is 22.1 Å². The molecule has 0 bridgehead atoms. The smallest absolute Gasteiger partial charge is 0.234 e. The number of aryl methyl sites for hydroxylation is 1. The second-order valence-corrected chi connectivity index (χ2v) is 8.55. The van der Waals surface area contributed by atoms with Crippen LogP contribution in [0.2, 0.25) is 0 Å². The van der Waals surface area contributed by atoms with Gasteiger partial charge in [0.25, 0.3) is 0 Å². The summed E-state index contributed by atoms with van der Waals surface area (Å²) >= 11 is 1.24. The quantitative estimate of drug-likeness (QED) is 0.640. The summed E-state index contributed by atoms with van der Waals surface area (Å²) in [5, 5.41) is 21.9. The van der Waals surface area contributed by atoms with Crippen LogP contribution < -0.4 is 5.32 Å². The van der Waals surface area contributed by atoms with Crippen molar-refractivity contribution in [2.45, 2.75) is 57.1 Å². The molecule has 3 aromatic rings. The van der Waals surface area contributed by atoms with Crippen LogP contribution in [0.4, 0.5) is 0 Å². The molecule has 2 atom stereocenters. The van der Waals surface area contributed by atoms with Gasteiger partial charge in [-0.25, -0.2) is 4.98 Å². The summed E-state index contributed by atoms with van der Waals surface area (Å²) in [5.41, 5.74) is 1.67. The Morgan fingerprint density at radius 3 is 2.68 bits per heavy atom. The van der Waals surface area contributed by atoms with E-state index >= 15 is 0 Å². The first-order valence-electron chi connectivity index (χ1n) is 9.32. The predicted octanol–water partition coefficient (Wildman–Crippen LogP) is 3.53. The maximum absolute atomic E-state index is 12.6. The van der Waals surface area contributed by atoms with Crippen LogP contribution >= 0.6 is 11.8 Å². The number of nitriles is 1. The monoisotopic (exact) mass is 396 g/mol. The fourth-order valence-electron chi connectivity index (χ4n) is 2.93. The molecule has 0 aliphatic carbocycles. The van der Waals surface area contributed by atoms with E-state index in [1.165, 1.54) is 11.8 Å². The standard InChI is InChI=1S/C20H24N6OS/c1-6-26-15-10-8-7-9-14(15)16-17(26)22-19(25-24-16)28-13(4)18(27)23-20(5,11-21)12(2)3/h7-10,12-13H,6H2,1-5H3,(H,23,27)/t13-,20+/m0/s1. The van der Waals surface area contributed by atoms with Crippen molar-refractivity contribution in [3.8, 4) is 6.07 Å². The van der Waals surface area contributed by atoms with Gasteiger partial charge in [-0.15, -0.1) is 10.2 Å². The number of rotatable bonds is 6. The molecule has 1 aromatic carbocycles. The summed E-state index contributed by atoms with van der Waals surface area (Å²) in [6, 6.07) is 10.2. The maximum Gasteiger partial charge on any atom is 0.234 e. The molecular weight excluding hydrogens is 372 g/mol. The first kappa shape index (κ1) is 20.1. The fraction of sp³-hybridized carbons (Fsp3) is 0.450. The van der Waals surface area contributed by atoms with Crippen LogP contribution in [-0.2, 0) is 11.3 Å². The van der Waals surface area contributed by atoms with Crippen LogP contribution in [0, 0.1) is 17.2 Å². The minimum Gasteiger partial charge on any atom is -0.337 e. The zero-order chi connectivity index (χ0) is 20.5. The number of carbonyl (C=O) groups excluding carboxylic acids is 1. The van der Waals surface area contributed by atoms with E-state index in [9.17, 15) is 10.1 Å². The molecule has 0 aliphatic heterocycles. The molecule has 146 valence electrons. The molecule has 1 amide bonds. The molecule has 7 nitrogen and oxygen atoms in total. The number of benzene rings is 1.